The Kier molecular flexibility index (Phi) is 1.62. The largest absolute Gasteiger partial charge is 0.382 e. The summed E-state index contributed by atoms with van der Waals surface area (Å²) >= 11 is 0. The number of nitrogens with two attached hydrogens (primary N) is 1. The Morgan fingerprint density at radius 2 is 2.33 bits per heavy atom. The first-order valence-electron chi connectivity index (χ1n) is 3.75. The monoisotopic (exact) mass is 163 g/mol. The highest BCUT2D eigenvalue weighted by Gasteiger charge is 2.08. The number of anilines is 2. The molecule has 0 amide bonds. The molecular weight excluding hydrogens is 154 g/mol. The maximum absolute atomic E-state index is 5.61. The first kappa shape index (κ1) is 7.02. The predicted molar refractivity (Wildman–Crippen MR) is 47.7 cm³/mol. The van der Waals surface area contributed by atoms with Crippen molar-refractivity contribution >= 4 is 23.5 Å². The van der Waals surface area contributed by atoms with E-state index in [2.05, 4.69) is 20.3 Å². The van der Waals surface area contributed by atoms with Gasteiger partial charge in [0.1, 0.15) is 12.0 Å². The summed E-state index contributed by atoms with van der Waals surface area (Å²) in [5.41, 5.74) is 6.25. The summed E-state index contributed by atoms with van der Waals surface area (Å²) < 4.78 is 0. The summed E-state index contributed by atoms with van der Waals surface area (Å²) in [4.78, 5) is 12.0. The first-order valence-corrected chi connectivity index (χ1v) is 3.75. The Labute approximate surface area is 69.7 Å². The third-order valence-corrected chi connectivity index (χ3v) is 1.64. The van der Waals surface area contributed by atoms with E-state index in [1.54, 1.807) is 0 Å². The van der Waals surface area contributed by atoms with Crippen LogP contribution in [0.3, 0.4) is 0 Å². The zero-order valence-corrected chi connectivity index (χ0v) is 6.49. The third kappa shape index (κ3) is 1.09. The zero-order chi connectivity index (χ0) is 8.39. The number of aliphatic imine (C=N–C) groups is 1. The van der Waals surface area contributed by atoms with Crippen molar-refractivity contribution in [1.29, 1.82) is 0 Å². The summed E-state index contributed by atoms with van der Waals surface area (Å²) in [6, 6.07) is 0. The van der Waals surface area contributed by atoms with E-state index in [0.29, 0.717) is 11.5 Å². The summed E-state index contributed by atoms with van der Waals surface area (Å²) in [5, 5.41) is 3.11. The molecule has 2 heterocycles. The number of fused-ring (bicyclic) bond motifs is 1. The molecule has 0 aromatic carbocycles. The highest BCUT2D eigenvalue weighted by atomic mass is 15.1. The van der Waals surface area contributed by atoms with Crippen molar-refractivity contribution < 1.29 is 0 Å². The van der Waals surface area contributed by atoms with Crippen molar-refractivity contribution in [1.82, 2.24) is 9.97 Å². The van der Waals surface area contributed by atoms with Gasteiger partial charge in [0.25, 0.3) is 0 Å². The van der Waals surface area contributed by atoms with E-state index in [1.807, 2.05) is 6.21 Å². The molecule has 5 nitrogen and oxygen atoms in total. The number of hydrogen-bond acceptors (Lipinski definition) is 5. The second kappa shape index (κ2) is 2.77. The maximum Gasteiger partial charge on any atom is 0.157 e. The molecule has 0 saturated heterocycles. The van der Waals surface area contributed by atoms with Crippen LogP contribution in [0, 0.1) is 0 Å². The molecule has 1 aromatic rings. The molecule has 1 aliphatic heterocycles. The maximum atomic E-state index is 5.61. The van der Waals surface area contributed by atoms with Gasteiger partial charge in [-0.05, 0) is 0 Å². The van der Waals surface area contributed by atoms with Gasteiger partial charge < -0.3 is 11.1 Å². The number of hydrogen-bond donors (Lipinski definition) is 2. The smallest absolute Gasteiger partial charge is 0.157 e. The third-order valence-electron chi connectivity index (χ3n) is 1.64. The van der Waals surface area contributed by atoms with Crippen molar-refractivity contribution in [3.05, 3.63) is 6.33 Å². The lowest BCUT2D eigenvalue weighted by molar-refractivity contribution is 1.09. The second-order valence-electron chi connectivity index (χ2n) is 2.48. The fraction of sp³-hybridized carbons (Fsp3) is 0.286. The molecule has 1 aromatic heterocycles. The van der Waals surface area contributed by atoms with Gasteiger partial charge in [-0.2, -0.15) is 0 Å². The SMILES string of the molecule is Nc1ncnc2c1N=CCCN2. The van der Waals surface area contributed by atoms with Crippen molar-refractivity contribution in [2.75, 3.05) is 17.6 Å². The Morgan fingerprint density at radius 3 is 3.25 bits per heavy atom. The normalized spacial score (nSPS) is 14.7. The van der Waals surface area contributed by atoms with Gasteiger partial charge >= 0.3 is 0 Å². The summed E-state index contributed by atoms with van der Waals surface area (Å²) in [7, 11) is 0. The highest BCUT2D eigenvalue weighted by molar-refractivity contribution is 5.79. The summed E-state index contributed by atoms with van der Waals surface area (Å²) in [6.07, 6.45) is 4.14. The number of nitrogens with zero attached hydrogens (tertiary/aromatic N) is 3. The van der Waals surface area contributed by atoms with E-state index in [4.69, 9.17) is 5.73 Å². The molecule has 0 bridgehead atoms. The minimum Gasteiger partial charge on any atom is -0.382 e. The Hall–Kier alpha value is -1.65. The van der Waals surface area contributed by atoms with Gasteiger partial charge in [0.05, 0.1) is 0 Å². The summed E-state index contributed by atoms with van der Waals surface area (Å²) in [5.74, 6) is 1.14. The van der Waals surface area contributed by atoms with E-state index >= 15 is 0 Å². The topological polar surface area (TPSA) is 76.2 Å². The molecule has 62 valence electrons. The van der Waals surface area contributed by atoms with Gasteiger partial charge in [-0.3, -0.25) is 4.99 Å². The van der Waals surface area contributed by atoms with Crippen LogP contribution in [-0.4, -0.2) is 22.7 Å². The van der Waals surface area contributed by atoms with Crippen LogP contribution in [0.5, 0.6) is 0 Å². The molecule has 3 N–H and O–H groups in total. The molecular formula is C7H9N5. The van der Waals surface area contributed by atoms with Crippen molar-refractivity contribution in [3.8, 4) is 0 Å². The Bertz CT molecular complexity index is 320. The van der Waals surface area contributed by atoms with E-state index in [0.717, 1.165) is 18.8 Å². The quantitative estimate of drug-likeness (QED) is 0.586. The molecule has 0 fully saturated rings. The molecule has 5 heteroatoms. The molecule has 0 unspecified atom stereocenters. The lowest BCUT2D eigenvalue weighted by Gasteiger charge is -2.04. The van der Waals surface area contributed by atoms with Crippen LogP contribution >= 0.6 is 0 Å². The van der Waals surface area contributed by atoms with Crippen LogP contribution in [0.1, 0.15) is 6.42 Å². The zero-order valence-electron chi connectivity index (χ0n) is 6.49. The average Bonchev–Trinajstić information content (AvgIpc) is 2.30. The van der Waals surface area contributed by atoms with Crippen molar-refractivity contribution in [2.45, 2.75) is 6.42 Å². The molecule has 0 aliphatic carbocycles. The minimum absolute atomic E-state index is 0.422. The number of nitrogen functional groups attached to an aromatic ring is 1. The van der Waals surface area contributed by atoms with Gasteiger partial charge in [0, 0.05) is 19.2 Å². The van der Waals surface area contributed by atoms with Gasteiger partial charge in [-0.25, -0.2) is 9.97 Å². The molecule has 0 radical (unpaired) electrons. The molecule has 0 spiro atoms. The number of rotatable bonds is 0. The Balaban J connectivity index is 2.53. The van der Waals surface area contributed by atoms with E-state index < -0.39 is 0 Å². The minimum atomic E-state index is 0.422. The van der Waals surface area contributed by atoms with E-state index in [9.17, 15) is 0 Å². The lowest BCUT2D eigenvalue weighted by atomic mass is 10.4. The van der Waals surface area contributed by atoms with Crippen LogP contribution in [0.2, 0.25) is 0 Å². The molecule has 0 saturated carbocycles. The molecule has 1 aliphatic rings. The van der Waals surface area contributed by atoms with Crippen molar-refractivity contribution in [2.24, 2.45) is 4.99 Å². The number of nitrogens with one attached hydrogen (secondary N) is 1. The van der Waals surface area contributed by atoms with Crippen LogP contribution in [0.15, 0.2) is 11.3 Å². The lowest BCUT2D eigenvalue weighted by Crippen LogP contribution is -2.02. The van der Waals surface area contributed by atoms with E-state index in [1.165, 1.54) is 6.33 Å². The van der Waals surface area contributed by atoms with Gasteiger partial charge in [-0.15, -0.1) is 0 Å². The van der Waals surface area contributed by atoms with Crippen LogP contribution in [-0.2, 0) is 0 Å². The van der Waals surface area contributed by atoms with Crippen LogP contribution in [0.25, 0.3) is 0 Å². The molecule has 2 rings (SSSR count). The van der Waals surface area contributed by atoms with Gasteiger partial charge in [0.15, 0.2) is 11.6 Å². The Morgan fingerprint density at radius 1 is 1.42 bits per heavy atom. The van der Waals surface area contributed by atoms with Gasteiger partial charge in [0.2, 0.25) is 0 Å². The van der Waals surface area contributed by atoms with Crippen LogP contribution in [0.4, 0.5) is 17.3 Å². The molecule has 0 atom stereocenters. The predicted octanol–water partition coefficient (Wildman–Crippen LogP) is 0.577. The fourth-order valence-corrected chi connectivity index (χ4v) is 1.06. The average molecular weight is 163 g/mol. The van der Waals surface area contributed by atoms with E-state index in [-0.39, 0.29) is 0 Å². The van der Waals surface area contributed by atoms with Crippen molar-refractivity contribution in [3.63, 3.8) is 0 Å². The fourth-order valence-electron chi connectivity index (χ4n) is 1.06. The first-order chi connectivity index (χ1) is 5.88. The van der Waals surface area contributed by atoms with Crippen LogP contribution < -0.4 is 11.1 Å². The molecule has 12 heavy (non-hydrogen) atoms. The number of aromatic nitrogens is 2. The standard InChI is InChI=1S/C7H9N5/c8-6-5-7(12-4-11-6)10-3-1-2-9-5/h2,4H,1,3H2,(H3,8,10,11,12). The van der Waals surface area contributed by atoms with Gasteiger partial charge in [-0.1, -0.05) is 0 Å². The second-order valence-corrected chi connectivity index (χ2v) is 2.48. The highest BCUT2D eigenvalue weighted by Crippen LogP contribution is 2.27. The summed E-state index contributed by atoms with van der Waals surface area (Å²) in [6.45, 7) is 0.840.